The maximum Gasteiger partial charge on any atom is 0.573 e. The van der Waals surface area contributed by atoms with E-state index in [2.05, 4.69) is 28.6 Å². The van der Waals surface area contributed by atoms with E-state index >= 15 is 0 Å². The summed E-state index contributed by atoms with van der Waals surface area (Å²) in [6, 6.07) is 7.03. The number of alkyl halides is 3. The Morgan fingerprint density at radius 1 is 1.07 bits per heavy atom. The summed E-state index contributed by atoms with van der Waals surface area (Å²) in [5.41, 5.74) is 3.14. The van der Waals surface area contributed by atoms with Gasteiger partial charge >= 0.3 is 6.36 Å². The number of fused-ring (bicyclic) bond motifs is 1. The van der Waals surface area contributed by atoms with Gasteiger partial charge in [0.1, 0.15) is 11.4 Å². The Balaban J connectivity index is 1.60. The Hall–Kier alpha value is -3.91. The summed E-state index contributed by atoms with van der Waals surface area (Å²) in [6.07, 6.45) is 1.92. The lowest BCUT2D eigenvalue weighted by Gasteiger charge is -2.41. The first kappa shape index (κ1) is 31.5. The Bertz CT molecular complexity index is 1780. The Kier molecular flexibility index (Phi) is 8.27. The molecular weight excluding hydrogens is 597 g/mol. The molecule has 1 saturated heterocycles. The number of aryl methyl sites for hydroxylation is 2. The van der Waals surface area contributed by atoms with Gasteiger partial charge in [-0.1, -0.05) is 0 Å². The van der Waals surface area contributed by atoms with Crippen LogP contribution < -0.4 is 4.74 Å². The van der Waals surface area contributed by atoms with E-state index in [-0.39, 0.29) is 28.7 Å². The molecule has 4 aromatic rings. The minimum atomic E-state index is -4.81. The van der Waals surface area contributed by atoms with Gasteiger partial charge in [0.2, 0.25) is 0 Å². The summed E-state index contributed by atoms with van der Waals surface area (Å²) in [5, 5.41) is 4.98. The van der Waals surface area contributed by atoms with Gasteiger partial charge in [-0.05, 0) is 62.6 Å². The van der Waals surface area contributed by atoms with Gasteiger partial charge in [-0.25, -0.2) is 13.4 Å². The monoisotopic (exact) mass is 632 g/mol. The van der Waals surface area contributed by atoms with Crippen LogP contribution in [-0.4, -0.2) is 94.0 Å². The number of ether oxygens (including phenoxy) is 1. The normalized spacial score (nSPS) is 15.9. The van der Waals surface area contributed by atoms with Crippen LogP contribution in [0.4, 0.5) is 13.2 Å². The highest BCUT2D eigenvalue weighted by atomic mass is 32.2. The number of pyridine rings is 1. The van der Waals surface area contributed by atoms with E-state index in [0.717, 1.165) is 11.3 Å². The molecule has 0 saturated carbocycles. The molecule has 1 aliphatic rings. The molecule has 0 radical (unpaired) electrons. The van der Waals surface area contributed by atoms with Gasteiger partial charge in [-0.15, -0.1) is 13.2 Å². The van der Waals surface area contributed by atoms with Crippen LogP contribution in [0.5, 0.6) is 5.75 Å². The van der Waals surface area contributed by atoms with Gasteiger partial charge in [0.05, 0.1) is 34.6 Å². The summed E-state index contributed by atoms with van der Waals surface area (Å²) < 4.78 is 69.8. The third-order valence-electron chi connectivity index (χ3n) is 8.03. The van der Waals surface area contributed by atoms with Crippen molar-refractivity contribution in [2.45, 2.75) is 38.6 Å². The minimum absolute atomic E-state index is 0.133. The van der Waals surface area contributed by atoms with Crippen LogP contribution in [0.15, 0.2) is 48.9 Å². The first-order valence-electron chi connectivity index (χ1n) is 14.1. The van der Waals surface area contributed by atoms with Crippen LogP contribution in [0.25, 0.3) is 28.0 Å². The molecule has 0 unspecified atom stereocenters. The van der Waals surface area contributed by atoms with Crippen molar-refractivity contribution >= 4 is 26.8 Å². The number of benzene rings is 1. The smallest absolute Gasteiger partial charge is 0.406 e. The summed E-state index contributed by atoms with van der Waals surface area (Å²) in [6.45, 7) is 5.13. The van der Waals surface area contributed by atoms with E-state index in [9.17, 15) is 26.4 Å². The summed E-state index contributed by atoms with van der Waals surface area (Å²) in [4.78, 5) is 22.2. The van der Waals surface area contributed by atoms with Crippen LogP contribution in [0, 0.1) is 0 Å². The van der Waals surface area contributed by atoms with Crippen molar-refractivity contribution in [2.75, 3.05) is 38.7 Å². The largest absolute Gasteiger partial charge is 0.573 e. The van der Waals surface area contributed by atoms with Gasteiger partial charge in [-0.3, -0.25) is 18.9 Å². The molecule has 0 spiro atoms. The van der Waals surface area contributed by atoms with Crippen molar-refractivity contribution in [3.8, 4) is 22.7 Å². The fraction of sp³-hybridized carbons (Fsp3) is 0.433. The third kappa shape index (κ3) is 6.75. The number of halogens is 3. The molecule has 3 aromatic heterocycles. The molecule has 1 aliphatic heterocycles. The second-order valence-corrected chi connectivity index (χ2v) is 14.2. The number of carbonyl (C=O) groups excluding carboxylic acids is 1. The number of carbonyl (C=O) groups is 1. The van der Waals surface area contributed by atoms with E-state index in [1.165, 1.54) is 29.2 Å². The lowest BCUT2D eigenvalue weighted by molar-refractivity contribution is -0.274. The maximum absolute atomic E-state index is 13.6. The van der Waals surface area contributed by atoms with Gasteiger partial charge in [0.25, 0.3) is 5.91 Å². The van der Waals surface area contributed by atoms with E-state index in [4.69, 9.17) is 4.98 Å². The highest BCUT2D eigenvalue weighted by Gasteiger charge is 2.33. The van der Waals surface area contributed by atoms with Gasteiger partial charge in [0.15, 0.2) is 9.84 Å². The second kappa shape index (κ2) is 11.5. The predicted molar refractivity (Wildman–Crippen MR) is 161 cm³/mol. The molecule has 10 nitrogen and oxygen atoms in total. The lowest BCUT2D eigenvalue weighted by atomic mass is 9.92. The van der Waals surface area contributed by atoms with E-state index < -0.39 is 16.2 Å². The fourth-order valence-corrected chi connectivity index (χ4v) is 6.73. The van der Waals surface area contributed by atoms with Gasteiger partial charge < -0.3 is 9.64 Å². The first-order valence-corrected chi connectivity index (χ1v) is 15.9. The first-order chi connectivity index (χ1) is 20.5. The number of hydrogen-bond donors (Lipinski definition) is 0. The van der Waals surface area contributed by atoms with Crippen LogP contribution in [0.1, 0.15) is 36.2 Å². The number of rotatable bonds is 8. The zero-order valence-electron chi connectivity index (χ0n) is 25.2. The Morgan fingerprint density at radius 2 is 1.73 bits per heavy atom. The molecule has 0 atom stereocenters. The second-order valence-electron chi connectivity index (χ2n) is 11.9. The van der Waals surface area contributed by atoms with Crippen molar-refractivity contribution in [2.24, 2.45) is 7.05 Å². The average Bonchev–Trinajstić information content (AvgIpc) is 3.53. The molecule has 44 heavy (non-hydrogen) atoms. The molecule has 5 rings (SSSR count). The van der Waals surface area contributed by atoms with Crippen molar-refractivity contribution in [3.63, 3.8) is 0 Å². The number of amides is 1. The quantitative estimate of drug-likeness (QED) is 0.283. The molecule has 1 aromatic carbocycles. The molecule has 14 heteroatoms. The zero-order chi connectivity index (χ0) is 32.0. The molecular formula is C30H35F3N6O4S. The predicted octanol–water partition coefficient (Wildman–Crippen LogP) is 4.47. The molecule has 0 bridgehead atoms. The van der Waals surface area contributed by atoms with Crippen molar-refractivity contribution < 1.29 is 31.1 Å². The standard InChI is InChI=1S/C30H35F3N6O4S/c1-29(2,38-12-14-44(41,42)15-13-38)11-10-21-18-39(22-17-34-37(5)19-22)27-26(21)24(28(40)36(3)4)16-25(35-27)20-6-8-23(9-7-20)43-30(31,32)33/h6-9,16-19H,10-15H2,1-5H3. The molecule has 0 aliphatic carbocycles. The van der Waals surface area contributed by atoms with Gasteiger partial charge in [-0.2, -0.15) is 5.10 Å². The van der Waals surface area contributed by atoms with Crippen LogP contribution in [0.3, 0.4) is 0 Å². The lowest BCUT2D eigenvalue weighted by Crippen LogP contribution is -2.51. The number of nitrogens with zero attached hydrogens (tertiary/aromatic N) is 6. The topological polar surface area (TPSA) is 103 Å². The highest BCUT2D eigenvalue weighted by molar-refractivity contribution is 7.91. The molecule has 1 fully saturated rings. The fourth-order valence-electron chi connectivity index (χ4n) is 5.52. The highest BCUT2D eigenvalue weighted by Crippen LogP contribution is 2.34. The van der Waals surface area contributed by atoms with Crippen molar-refractivity contribution in [1.82, 2.24) is 29.1 Å². The Morgan fingerprint density at radius 3 is 2.30 bits per heavy atom. The summed E-state index contributed by atoms with van der Waals surface area (Å²) in [5.74, 6) is -0.342. The van der Waals surface area contributed by atoms with E-state index in [1.807, 2.05) is 17.0 Å². The van der Waals surface area contributed by atoms with Gasteiger partial charge in [0, 0.05) is 63.1 Å². The summed E-state index contributed by atoms with van der Waals surface area (Å²) >= 11 is 0. The molecule has 4 heterocycles. The van der Waals surface area contributed by atoms with Crippen molar-refractivity contribution in [3.05, 3.63) is 60.0 Å². The maximum atomic E-state index is 13.6. The summed E-state index contributed by atoms with van der Waals surface area (Å²) in [7, 11) is 2.09. The average molecular weight is 633 g/mol. The molecule has 1 amide bonds. The van der Waals surface area contributed by atoms with E-state index in [1.54, 1.807) is 38.1 Å². The number of aromatic nitrogens is 4. The minimum Gasteiger partial charge on any atom is -0.406 e. The van der Waals surface area contributed by atoms with Crippen LogP contribution >= 0.6 is 0 Å². The van der Waals surface area contributed by atoms with Crippen LogP contribution in [0.2, 0.25) is 0 Å². The zero-order valence-corrected chi connectivity index (χ0v) is 26.0. The third-order valence-corrected chi connectivity index (χ3v) is 9.64. The molecule has 236 valence electrons. The molecule has 0 N–H and O–H groups in total. The van der Waals surface area contributed by atoms with Crippen LogP contribution in [-0.2, 0) is 23.3 Å². The van der Waals surface area contributed by atoms with Crippen molar-refractivity contribution in [1.29, 1.82) is 0 Å². The number of hydrogen-bond acceptors (Lipinski definition) is 7. The Labute approximate surface area is 253 Å². The SMILES string of the molecule is CN(C)C(=O)c1cc(-c2ccc(OC(F)(F)F)cc2)nc2c1c(CCC(C)(C)N1CCS(=O)(=O)CC1)cn2-c1cnn(C)c1. The van der Waals surface area contributed by atoms with E-state index in [0.29, 0.717) is 53.8 Å². The number of sulfone groups is 1.